The molecule has 0 saturated carbocycles. The molecule has 0 fully saturated rings. The maximum absolute atomic E-state index is 13.2. The number of aromatic nitrogens is 3. The monoisotopic (exact) mass is 435 g/mol. The zero-order chi connectivity index (χ0) is 22.9. The van der Waals surface area contributed by atoms with E-state index in [0.717, 1.165) is 27.6 Å². The van der Waals surface area contributed by atoms with Crippen molar-refractivity contribution < 1.29 is 13.9 Å². The fraction of sp³-hybridized carbons (Fsp3) is 0.292. The molecule has 32 heavy (non-hydrogen) atoms. The van der Waals surface area contributed by atoms with Crippen molar-refractivity contribution in [3.8, 4) is 0 Å². The van der Waals surface area contributed by atoms with Crippen molar-refractivity contribution in [3.05, 3.63) is 54.9 Å². The molecule has 8 heteroatoms. The van der Waals surface area contributed by atoms with Crippen LogP contribution in [-0.4, -0.2) is 39.4 Å². The van der Waals surface area contributed by atoms with Gasteiger partial charge in [0, 0.05) is 41.6 Å². The largest absolute Gasteiger partial charge is 0.443 e. The van der Waals surface area contributed by atoms with E-state index >= 15 is 0 Å². The number of pyridine rings is 2. The Morgan fingerprint density at radius 3 is 2.75 bits per heavy atom. The van der Waals surface area contributed by atoms with Crippen LogP contribution in [-0.2, 0) is 11.8 Å². The van der Waals surface area contributed by atoms with Crippen molar-refractivity contribution in [1.82, 2.24) is 14.5 Å². The summed E-state index contributed by atoms with van der Waals surface area (Å²) in [6, 6.07) is 13.1. The zero-order valence-corrected chi connectivity index (χ0v) is 18.6. The van der Waals surface area contributed by atoms with Gasteiger partial charge in [0.05, 0.1) is 12.1 Å². The van der Waals surface area contributed by atoms with Gasteiger partial charge in [0.2, 0.25) is 0 Å². The van der Waals surface area contributed by atoms with Gasteiger partial charge in [0.25, 0.3) is 0 Å². The van der Waals surface area contributed by atoms with Gasteiger partial charge in [-0.25, -0.2) is 14.2 Å². The highest BCUT2D eigenvalue weighted by atomic mass is 19.1. The van der Waals surface area contributed by atoms with Gasteiger partial charge >= 0.3 is 6.09 Å². The van der Waals surface area contributed by atoms with Gasteiger partial charge in [-0.15, -0.1) is 0 Å². The summed E-state index contributed by atoms with van der Waals surface area (Å²) in [5.74, 6) is 0.655. The number of nitrogens with zero attached hydrogens (tertiary/aromatic N) is 4. The molecule has 0 radical (unpaired) electrons. The Bertz CT molecular complexity index is 1280. The Kier molecular flexibility index (Phi) is 5.69. The molecule has 0 bridgehead atoms. The number of rotatable bonds is 5. The molecule has 0 unspecified atom stereocenters. The lowest BCUT2D eigenvalue weighted by Gasteiger charge is -2.27. The van der Waals surface area contributed by atoms with Crippen molar-refractivity contribution in [2.75, 3.05) is 23.4 Å². The number of alkyl halides is 1. The first-order valence-corrected chi connectivity index (χ1v) is 10.4. The molecule has 0 aliphatic heterocycles. The molecule has 0 spiro atoms. The lowest BCUT2D eigenvalue weighted by molar-refractivity contribution is 0.0578. The Labute approximate surface area is 185 Å². The van der Waals surface area contributed by atoms with Crippen molar-refractivity contribution in [3.63, 3.8) is 0 Å². The minimum absolute atomic E-state index is 0.0907. The molecule has 4 rings (SSSR count). The Balaban J connectivity index is 1.63. The highest BCUT2D eigenvalue weighted by Crippen LogP contribution is 2.29. The van der Waals surface area contributed by atoms with E-state index in [1.165, 1.54) is 4.90 Å². The molecule has 7 nitrogen and oxygen atoms in total. The molecule has 0 atom stereocenters. The molecule has 1 aromatic carbocycles. The first kappa shape index (κ1) is 21.5. The average Bonchev–Trinajstić information content (AvgIpc) is 3.03. The lowest BCUT2D eigenvalue weighted by Crippen LogP contribution is -2.38. The number of ether oxygens (including phenoxy) is 1. The predicted octanol–water partition coefficient (Wildman–Crippen LogP) is 5.58. The van der Waals surface area contributed by atoms with Gasteiger partial charge in [0.1, 0.15) is 23.7 Å². The average molecular weight is 436 g/mol. The Hall–Kier alpha value is -3.68. The van der Waals surface area contributed by atoms with E-state index in [0.29, 0.717) is 11.5 Å². The van der Waals surface area contributed by atoms with Gasteiger partial charge in [0.15, 0.2) is 0 Å². The number of aryl methyl sites for hydroxylation is 1. The summed E-state index contributed by atoms with van der Waals surface area (Å²) in [5.41, 5.74) is 2.48. The Morgan fingerprint density at radius 2 is 2.00 bits per heavy atom. The van der Waals surface area contributed by atoms with E-state index in [4.69, 9.17) is 9.72 Å². The second-order valence-electron chi connectivity index (χ2n) is 8.52. The van der Waals surface area contributed by atoms with Crippen molar-refractivity contribution in [2.45, 2.75) is 26.4 Å². The lowest BCUT2D eigenvalue weighted by atomic mass is 10.2. The standard InChI is InChI=1S/C24H26FN5O2/c1-24(2,3)32-23(31)30(13-11-25)17-7-5-6-16(14-17)27-21-9-8-18-19-15-26-12-10-20(19)29(4)22(18)28-21/h5-10,12,14-15H,11,13H2,1-4H3,(H,27,28). The van der Waals surface area contributed by atoms with Gasteiger partial charge in [-0.2, -0.15) is 0 Å². The second kappa shape index (κ2) is 8.45. The summed E-state index contributed by atoms with van der Waals surface area (Å²) in [7, 11) is 1.97. The number of nitrogens with one attached hydrogen (secondary N) is 1. The summed E-state index contributed by atoms with van der Waals surface area (Å²) in [4.78, 5) is 22.9. The van der Waals surface area contributed by atoms with Crippen LogP contribution < -0.4 is 10.2 Å². The maximum atomic E-state index is 13.2. The van der Waals surface area contributed by atoms with Crippen molar-refractivity contribution in [2.24, 2.45) is 7.05 Å². The quantitative estimate of drug-likeness (QED) is 0.443. The number of carbonyl (C=O) groups is 1. The number of amides is 1. The molecule has 3 heterocycles. The number of carbonyl (C=O) groups excluding carboxylic acids is 1. The molecule has 0 saturated heterocycles. The SMILES string of the molecule is Cn1c2ccncc2c2ccc(Nc3cccc(N(CCF)C(=O)OC(C)(C)C)c3)nc21. The van der Waals surface area contributed by atoms with E-state index in [1.807, 2.05) is 42.1 Å². The summed E-state index contributed by atoms with van der Waals surface area (Å²) in [5, 5.41) is 5.35. The topological polar surface area (TPSA) is 72.3 Å². The van der Waals surface area contributed by atoms with Gasteiger partial charge in [-0.3, -0.25) is 9.88 Å². The van der Waals surface area contributed by atoms with E-state index in [9.17, 15) is 9.18 Å². The third kappa shape index (κ3) is 4.34. The van der Waals surface area contributed by atoms with Crippen LogP contribution in [0.4, 0.5) is 26.4 Å². The minimum Gasteiger partial charge on any atom is -0.443 e. The number of benzene rings is 1. The van der Waals surface area contributed by atoms with Crippen LogP contribution in [0, 0.1) is 0 Å². The van der Waals surface area contributed by atoms with E-state index < -0.39 is 18.4 Å². The van der Waals surface area contributed by atoms with E-state index in [2.05, 4.69) is 10.3 Å². The third-order valence-electron chi connectivity index (χ3n) is 4.99. The number of hydrogen-bond donors (Lipinski definition) is 1. The van der Waals surface area contributed by atoms with Crippen LogP contribution in [0.5, 0.6) is 0 Å². The van der Waals surface area contributed by atoms with E-state index in [-0.39, 0.29) is 6.54 Å². The summed E-state index contributed by atoms with van der Waals surface area (Å²) in [6.07, 6.45) is 3.02. The van der Waals surface area contributed by atoms with Gasteiger partial charge < -0.3 is 14.6 Å². The first-order valence-electron chi connectivity index (χ1n) is 10.4. The zero-order valence-electron chi connectivity index (χ0n) is 18.6. The number of halogens is 1. The number of hydrogen-bond acceptors (Lipinski definition) is 5. The van der Waals surface area contributed by atoms with Gasteiger partial charge in [-0.1, -0.05) is 6.07 Å². The van der Waals surface area contributed by atoms with Crippen LogP contribution in [0.1, 0.15) is 20.8 Å². The number of anilines is 3. The molecule has 1 N–H and O–H groups in total. The Morgan fingerprint density at radius 1 is 1.19 bits per heavy atom. The van der Waals surface area contributed by atoms with Crippen LogP contribution in [0.15, 0.2) is 54.9 Å². The molecular formula is C24H26FN5O2. The number of fused-ring (bicyclic) bond motifs is 3. The van der Waals surface area contributed by atoms with Crippen LogP contribution in [0.3, 0.4) is 0 Å². The maximum Gasteiger partial charge on any atom is 0.414 e. The molecule has 1 amide bonds. The van der Waals surface area contributed by atoms with Gasteiger partial charge in [-0.05, 0) is 57.2 Å². The van der Waals surface area contributed by atoms with Crippen LogP contribution >= 0.6 is 0 Å². The molecular weight excluding hydrogens is 409 g/mol. The second-order valence-corrected chi connectivity index (χ2v) is 8.52. The summed E-state index contributed by atoms with van der Waals surface area (Å²) < 4.78 is 20.6. The summed E-state index contributed by atoms with van der Waals surface area (Å²) >= 11 is 0. The normalized spacial score (nSPS) is 11.7. The fourth-order valence-corrected chi connectivity index (χ4v) is 3.61. The first-order chi connectivity index (χ1) is 15.3. The van der Waals surface area contributed by atoms with Crippen LogP contribution in [0.2, 0.25) is 0 Å². The van der Waals surface area contributed by atoms with Crippen LogP contribution in [0.25, 0.3) is 21.9 Å². The highest BCUT2D eigenvalue weighted by Gasteiger charge is 2.23. The molecule has 166 valence electrons. The smallest absolute Gasteiger partial charge is 0.414 e. The molecule has 4 aromatic rings. The van der Waals surface area contributed by atoms with Crippen molar-refractivity contribution >= 4 is 45.2 Å². The molecule has 0 aliphatic carbocycles. The van der Waals surface area contributed by atoms with E-state index in [1.54, 1.807) is 45.2 Å². The minimum atomic E-state index is -0.676. The molecule has 3 aromatic heterocycles. The molecule has 0 aliphatic rings. The highest BCUT2D eigenvalue weighted by molar-refractivity contribution is 6.06. The summed E-state index contributed by atoms with van der Waals surface area (Å²) in [6.45, 7) is 4.57. The predicted molar refractivity (Wildman–Crippen MR) is 125 cm³/mol. The fourth-order valence-electron chi connectivity index (χ4n) is 3.61. The third-order valence-corrected chi connectivity index (χ3v) is 4.99. The van der Waals surface area contributed by atoms with Crippen molar-refractivity contribution in [1.29, 1.82) is 0 Å².